The maximum Gasteiger partial charge on any atom is 0.416 e. The number of rotatable bonds is 21. The van der Waals surface area contributed by atoms with Gasteiger partial charge in [-0.3, -0.25) is 4.79 Å². The number of benzene rings is 2. The van der Waals surface area contributed by atoms with Crippen molar-refractivity contribution in [2.75, 3.05) is 20.3 Å². The van der Waals surface area contributed by atoms with Gasteiger partial charge in [-0.05, 0) is 78.8 Å². The lowest BCUT2D eigenvalue weighted by molar-refractivity contribution is -0.138. The first-order valence-corrected chi connectivity index (χ1v) is 25.1. The summed E-state index contributed by atoms with van der Waals surface area (Å²) in [7, 11) is -2.83. The number of aliphatic hydroxyl groups is 1. The van der Waals surface area contributed by atoms with Crippen LogP contribution in [-0.4, -0.2) is 83.3 Å². The minimum Gasteiger partial charge on any atom is -0.497 e. The molecule has 0 radical (unpaired) electrons. The van der Waals surface area contributed by atoms with Crippen LogP contribution < -0.4 is 4.74 Å². The summed E-state index contributed by atoms with van der Waals surface area (Å²) in [5, 5.41) is 11.9. The number of ether oxygens (including phenoxy) is 3. The van der Waals surface area contributed by atoms with Crippen molar-refractivity contribution in [3.05, 3.63) is 65.7 Å². The quantitative estimate of drug-likeness (QED) is 0.0990. The zero-order valence-corrected chi connectivity index (χ0v) is 36.7. The van der Waals surface area contributed by atoms with Crippen LogP contribution in [0.1, 0.15) is 86.3 Å². The summed E-state index contributed by atoms with van der Waals surface area (Å²) in [6, 6.07) is 20.1. The van der Waals surface area contributed by atoms with Crippen molar-refractivity contribution >= 4 is 28.6 Å². The molecule has 0 aliphatic carbocycles. The lowest BCUT2D eigenvalue weighted by Gasteiger charge is -2.49. The van der Waals surface area contributed by atoms with E-state index in [9.17, 15) is 14.7 Å². The van der Waals surface area contributed by atoms with Crippen LogP contribution in [0.15, 0.2) is 54.6 Å². The van der Waals surface area contributed by atoms with Gasteiger partial charge in [0.2, 0.25) is 5.91 Å². The van der Waals surface area contributed by atoms with E-state index in [0.29, 0.717) is 26.1 Å². The third kappa shape index (κ3) is 11.7. The second-order valence-corrected chi connectivity index (χ2v) is 26.4. The van der Waals surface area contributed by atoms with E-state index in [2.05, 4.69) is 68.5 Å². The van der Waals surface area contributed by atoms with Crippen LogP contribution in [0.25, 0.3) is 0 Å². The number of hydrogen-bond acceptors (Lipinski definition) is 8. The molecule has 0 spiro atoms. The first-order chi connectivity index (χ1) is 24.8. The molecule has 3 rings (SSSR count). The standard InChI is InChI=1S/C42H69NO8Si2/c1-13-53(14-2,15-3)51-38(28-36(44)31(4)39(45)43-34(30-49-40(43)46)27-32-19-17-16-18-20-32)42(8,9)37(50-52(11,12)41(5,6)7)25-26-48-29-33-21-23-35(47-10)24-22-33/h16-24,31,34,36-38,44H,13-15,25-30H2,1-12H3/t31-,34-,36+,37+,38+/m1/s1. The van der Waals surface area contributed by atoms with Crippen LogP contribution >= 0.6 is 0 Å². The Kier molecular flexibility index (Phi) is 16.4. The lowest BCUT2D eigenvalue weighted by Crippen LogP contribution is -2.55. The van der Waals surface area contributed by atoms with Gasteiger partial charge < -0.3 is 28.2 Å². The first kappa shape index (κ1) is 44.8. The van der Waals surface area contributed by atoms with E-state index in [4.69, 9.17) is 23.1 Å². The van der Waals surface area contributed by atoms with Gasteiger partial charge in [-0.15, -0.1) is 0 Å². The zero-order valence-electron chi connectivity index (χ0n) is 34.7. The highest BCUT2D eigenvalue weighted by Crippen LogP contribution is 2.44. The Bertz CT molecular complexity index is 1420. The van der Waals surface area contributed by atoms with Gasteiger partial charge in [0.15, 0.2) is 16.6 Å². The number of imide groups is 1. The van der Waals surface area contributed by atoms with Crippen LogP contribution in [0.3, 0.4) is 0 Å². The molecule has 1 saturated heterocycles. The number of methoxy groups -OCH3 is 1. The fraction of sp³-hybridized carbons (Fsp3) is 0.667. The average Bonchev–Trinajstić information content (AvgIpc) is 3.49. The molecule has 9 nitrogen and oxygen atoms in total. The topological polar surface area (TPSA) is 104 Å². The monoisotopic (exact) mass is 771 g/mol. The summed E-state index contributed by atoms with van der Waals surface area (Å²) >= 11 is 0. The first-order valence-electron chi connectivity index (χ1n) is 19.6. The van der Waals surface area contributed by atoms with Crippen LogP contribution in [-0.2, 0) is 36.1 Å². The van der Waals surface area contributed by atoms with Crippen LogP contribution in [0.5, 0.6) is 5.75 Å². The predicted molar refractivity (Wildman–Crippen MR) is 217 cm³/mol. The molecule has 0 bridgehead atoms. The summed E-state index contributed by atoms with van der Waals surface area (Å²) in [5.41, 5.74) is 1.51. The summed E-state index contributed by atoms with van der Waals surface area (Å²) in [6.45, 7) is 25.0. The van der Waals surface area contributed by atoms with Gasteiger partial charge in [-0.1, -0.05) is 105 Å². The van der Waals surface area contributed by atoms with Crippen LogP contribution in [0.2, 0.25) is 36.3 Å². The molecule has 11 heteroatoms. The molecule has 2 aromatic rings. The Balaban J connectivity index is 1.91. The third-order valence-electron chi connectivity index (χ3n) is 12.1. The lowest BCUT2D eigenvalue weighted by atomic mass is 9.76. The van der Waals surface area contributed by atoms with Crippen molar-refractivity contribution in [2.24, 2.45) is 11.3 Å². The van der Waals surface area contributed by atoms with E-state index >= 15 is 0 Å². The molecule has 5 atom stereocenters. The Labute approximate surface area is 322 Å². The second kappa shape index (κ2) is 19.4. The van der Waals surface area contributed by atoms with E-state index in [1.54, 1.807) is 14.0 Å². The number of carbonyl (C=O) groups excluding carboxylic acids is 2. The van der Waals surface area contributed by atoms with Gasteiger partial charge >= 0.3 is 6.09 Å². The Morgan fingerprint density at radius 1 is 0.925 bits per heavy atom. The molecule has 1 fully saturated rings. The number of nitrogens with zero attached hydrogens (tertiary/aromatic N) is 1. The van der Waals surface area contributed by atoms with Gasteiger partial charge in [0.05, 0.1) is 44.0 Å². The maximum absolute atomic E-state index is 14.0. The summed E-state index contributed by atoms with van der Waals surface area (Å²) in [5.74, 6) is -0.473. The summed E-state index contributed by atoms with van der Waals surface area (Å²) < 4.78 is 31.5. The molecule has 53 heavy (non-hydrogen) atoms. The number of aliphatic hydroxyl groups excluding tert-OH is 1. The highest BCUT2D eigenvalue weighted by atomic mass is 28.4. The molecule has 0 unspecified atom stereocenters. The average molecular weight is 772 g/mol. The highest BCUT2D eigenvalue weighted by Gasteiger charge is 2.49. The van der Waals surface area contributed by atoms with Crippen LogP contribution in [0, 0.1) is 11.3 Å². The molecule has 1 N–H and O–H groups in total. The number of carbonyl (C=O) groups is 2. The fourth-order valence-electron chi connectivity index (χ4n) is 6.80. The molecule has 0 saturated carbocycles. The van der Waals surface area contributed by atoms with Gasteiger partial charge in [0, 0.05) is 12.0 Å². The largest absolute Gasteiger partial charge is 0.497 e. The Hall–Kier alpha value is -2.55. The minimum atomic E-state index is -2.28. The summed E-state index contributed by atoms with van der Waals surface area (Å²) in [6.07, 6.45) is -1.02. The fourth-order valence-corrected chi connectivity index (χ4v) is 11.3. The summed E-state index contributed by atoms with van der Waals surface area (Å²) in [4.78, 5) is 28.2. The van der Waals surface area contributed by atoms with Crippen molar-refractivity contribution in [1.29, 1.82) is 0 Å². The van der Waals surface area contributed by atoms with Gasteiger partial charge in [0.25, 0.3) is 0 Å². The Morgan fingerprint density at radius 2 is 1.53 bits per heavy atom. The molecule has 1 aliphatic heterocycles. The molecular formula is C42H69NO8Si2. The number of hydrogen-bond donors (Lipinski definition) is 1. The van der Waals surface area contributed by atoms with E-state index < -0.39 is 58.2 Å². The van der Waals surface area contributed by atoms with Crippen molar-refractivity contribution in [2.45, 2.75) is 149 Å². The van der Waals surface area contributed by atoms with Crippen molar-refractivity contribution in [1.82, 2.24) is 4.90 Å². The van der Waals surface area contributed by atoms with E-state index in [-0.39, 0.29) is 24.2 Å². The smallest absolute Gasteiger partial charge is 0.416 e. The van der Waals surface area contributed by atoms with Crippen molar-refractivity contribution in [3.63, 3.8) is 0 Å². The molecule has 0 aromatic heterocycles. The zero-order chi connectivity index (χ0) is 39.6. The maximum atomic E-state index is 14.0. The third-order valence-corrected chi connectivity index (χ3v) is 21.3. The van der Waals surface area contributed by atoms with Crippen molar-refractivity contribution < 1.29 is 37.8 Å². The number of amides is 2. The van der Waals surface area contributed by atoms with E-state index in [1.807, 2.05) is 54.6 Å². The minimum absolute atomic E-state index is 0.0303. The van der Waals surface area contributed by atoms with E-state index in [1.165, 1.54) is 4.90 Å². The predicted octanol–water partition coefficient (Wildman–Crippen LogP) is 9.39. The van der Waals surface area contributed by atoms with Crippen LogP contribution in [0.4, 0.5) is 4.79 Å². The van der Waals surface area contributed by atoms with E-state index in [0.717, 1.165) is 35.0 Å². The van der Waals surface area contributed by atoms with Gasteiger partial charge in [-0.2, -0.15) is 0 Å². The Morgan fingerprint density at radius 3 is 2.08 bits per heavy atom. The number of cyclic esters (lactones) is 1. The van der Waals surface area contributed by atoms with Gasteiger partial charge in [-0.25, -0.2) is 9.69 Å². The SMILES string of the molecule is CC[Si](CC)(CC)O[C@@H](C[C@H](O)[C@@H](C)C(=O)N1C(=O)OC[C@H]1Cc1ccccc1)C(C)(C)[C@H](CCOCc1ccc(OC)cc1)O[Si](C)(C)C(C)(C)C. The molecule has 2 aromatic carbocycles. The molecule has 1 aliphatic rings. The molecular weight excluding hydrogens is 703 g/mol. The van der Waals surface area contributed by atoms with Crippen molar-refractivity contribution in [3.8, 4) is 5.75 Å². The molecule has 298 valence electrons. The molecule has 2 amide bonds. The second-order valence-electron chi connectivity index (χ2n) is 16.9. The highest BCUT2D eigenvalue weighted by molar-refractivity contribution is 6.74. The molecule has 1 heterocycles. The normalized spacial score (nSPS) is 18.0. The van der Waals surface area contributed by atoms with Gasteiger partial charge in [0.1, 0.15) is 12.4 Å².